The quantitative estimate of drug-likeness (QED) is 0.660. The maximum atomic E-state index is 12.6. The summed E-state index contributed by atoms with van der Waals surface area (Å²) in [6.07, 6.45) is 2.12. The van der Waals surface area contributed by atoms with Crippen LogP contribution in [0.1, 0.15) is 40.1 Å². The lowest BCUT2D eigenvalue weighted by Gasteiger charge is -2.24. The number of fused-ring (bicyclic) bond motifs is 1. The lowest BCUT2D eigenvalue weighted by molar-refractivity contribution is 0.0437. The van der Waals surface area contributed by atoms with E-state index in [1.54, 1.807) is 0 Å². The predicted octanol–water partition coefficient (Wildman–Crippen LogP) is 4.54. The molecule has 1 aliphatic heterocycles. The average molecular weight is 379 g/mol. The fraction of sp³-hybridized carbons (Fsp3) is 0.348. The zero-order valence-electron chi connectivity index (χ0n) is 16.3. The number of nitrogens with one attached hydrogen (secondary N) is 1. The third-order valence-corrected chi connectivity index (χ3v) is 5.13. The van der Waals surface area contributed by atoms with Gasteiger partial charge in [0.1, 0.15) is 24.0 Å². The second-order valence-corrected chi connectivity index (χ2v) is 7.32. The molecule has 0 amide bonds. The largest absolute Gasteiger partial charge is 0.490 e. The summed E-state index contributed by atoms with van der Waals surface area (Å²) in [5, 5.41) is 4.19. The second-order valence-electron chi connectivity index (χ2n) is 7.32. The summed E-state index contributed by atoms with van der Waals surface area (Å²) in [7, 11) is 0. The fourth-order valence-electron chi connectivity index (χ4n) is 3.67. The molecule has 5 nitrogen and oxygen atoms in total. The van der Waals surface area contributed by atoms with Gasteiger partial charge in [-0.25, -0.2) is 4.79 Å². The van der Waals surface area contributed by atoms with Crippen LogP contribution in [0, 0.1) is 13.8 Å². The molecule has 1 saturated heterocycles. The van der Waals surface area contributed by atoms with E-state index in [1.807, 2.05) is 56.3 Å². The van der Waals surface area contributed by atoms with Crippen LogP contribution in [0.15, 0.2) is 46.9 Å². The van der Waals surface area contributed by atoms with Crippen LogP contribution in [-0.4, -0.2) is 25.2 Å². The van der Waals surface area contributed by atoms with Gasteiger partial charge >= 0.3 is 5.97 Å². The number of hydrogen-bond donors (Lipinski definition) is 1. The molecule has 146 valence electrons. The maximum absolute atomic E-state index is 12.6. The van der Waals surface area contributed by atoms with Crippen molar-refractivity contribution in [3.05, 3.63) is 64.9 Å². The van der Waals surface area contributed by atoms with Crippen molar-refractivity contribution in [3.63, 3.8) is 0 Å². The molecule has 0 aliphatic carbocycles. The van der Waals surface area contributed by atoms with Gasteiger partial charge in [-0.1, -0.05) is 35.9 Å². The number of rotatable bonds is 5. The third-order valence-electron chi connectivity index (χ3n) is 5.13. The minimum Gasteiger partial charge on any atom is -0.490 e. The molecular weight excluding hydrogens is 354 g/mol. The number of ether oxygens (including phenoxy) is 2. The average Bonchev–Trinajstić information content (AvgIpc) is 3.05. The van der Waals surface area contributed by atoms with Crippen LogP contribution >= 0.6 is 0 Å². The maximum Gasteiger partial charge on any atom is 0.374 e. The molecular formula is C23H25NO4. The van der Waals surface area contributed by atoms with Gasteiger partial charge in [-0.05, 0) is 57.5 Å². The Hall–Kier alpha value is -2.79. The van der Waals surface area contributed by atoms with Gasteiger partial charge in [0.15, 0.2) is 0 Å². The Balaban J connectivity index is 1.55. The molecule has 1 fully saturated rings. The van der Waals surface area contributed by atoms with Gasteiger partial charge in [-0.15, -0.1) is 0 Å². The highest BCUT2D eigenvalue weighted by molar-refractivity contribution is 5.98. The van der Waals surface area contributed by atoms with Crippen LogP contribution in [0.5, 0.6) is 5.75 Å². The highest BCUT2D eigenvalue weighted by atomic mass is 16.5. The fourth-order valence-corrected chi connectivity index (χ4v) is 3.67. The molecule has 3 aromatic rings. The highest BCUT2D eigenvalue weighted by Crippen LogP contribution is 2.34. The molecule has 4 rings (SSSR count). The molecule has 2 heterocycles. The molecule has 1 N–H and O–H groups in total. The highest BCUT2D eigenvalue weighted by Gasteiger charge is 2.23. The number of piperidine rings is 1. The first-order valence-corrected chi connectivity index (χ1v) is 9.74. The van der Waals surface area contributed by atoms with Gasteiger partial charge in [0.2, 0.25) is 5.76 Å². The number of carbonyl (C=O) groups excluding carboxylic acids is 1. The van der Waals surface area contributed by atoms with Crippen LogP contribution in [0.2, 0.25) is 0 Å². The van der Waals surface area contributed by atoms with E-state index in [0.29, 0.717) is 5.58 Å². The Morgan fingerprint density at radius 2 is 1.93 bits per heavy atom. The number of furan rings is 1. The predicted molar refractivity (Wildman–Crippen MR) is 108 cm³/mol. The second kappa shape index (κ2) is 8.07. The van der Waals surface area contributed by atoms with Crippen molar-refractivity contribution in [1.29, 1.82) is 0 Å². The minimum absolute atomic E-state index is 0.179. The number of hydrogen-bond acceptors (Lipinski definition) is 5. The first-order chi connectivity index (χ1) is 13.6. The molecule has 0 radical (unpaired) electrons. The van der Waals surface area contributed by atoms with E-state index in [-0.39, 0.29) is 18.5 Å². The lowest BCUT2D eigenvalue weighted by atomic mass is 10.1. The van der Waals surface area contributed by atoms with Gasteiger partial charge in [0, 0.05) is 5.56 Å². The number of esters is 1. The molecule has 0 atom stereocenters. The Labute approximate surface area is 164 Å². The van der Waals surface area contributed by atoms with Crippen molar-refractivity contribution in [3.8, 4) is 5.75 Å². The standard InChI is InChI=1S/C23H25NO4/c1-15-5-3-6-17(13-15)14-26-23(25)22-16(2)21-19(7-4-8-20(21)28-22)27-18-9-11-24-12-10-18/h3-8,13,18,24H,9-12,14H2,1-2H3. The van der Waals surface area contributed by atoms with Crippen molar-refractivity contribution in [2.45, 2.75) is 39.4 Å². The van der Waals surface area contributed by atoms with Gasteiger partial charge in [0.25, 0.3) is 0 Å². The number of benzene rings is 2. The van der Waals surface area contributed by atoms with E-state index >= 15 is 0 Å². The summed E-state index contributed by atoms with van der Waals surface area (Å²) in [4.78, 5) is 12.6. The van der Waals surface area contributed by atoms with Crippen molar-refractivity contribution >= 4 is 16.9 Å². The van der Waals surface area contributed by atoms with Crippen molar-refractivity contribution in [1.82, 2.24) is 5.32 Å². The molecule has 0 bridgehead atoms. The number of carbonyl (C=O) groups is 1. The zero-order valence-corrected chi connectivity index (χ0v) is 16.3. The summed E-state index contributed by atoms with van der Waals surface area (Å²) in [6.45, 7) is 6.03. The van der Waals surface area contributed by atoms with Crippen molar-refractivity contribution in [2.75, 3.05) is 13.1 Å². The third kappa shape index (κ3) is 3.90. The first kappa shape index (κ1) is 18.6. The zero-order chi connectivity index (χ0) is 19.5. The molecule has 0 saturated carbocycles. The van der Waals surface area contributed by atoms with Crippen LogP contribution < -0.4 is 10.1 Å². The lowest BCUT2D eigenvalue weighted by Crippen LogP contribution is -2.34. The van der Waals surface area contributed by atoms with Crippen LogP contribution in [0.3, 0.4) is 0 Å². The normalized spacial score (nSPS) is 14.9. The van der Waals surface area contributed by atoms with Crippen LogP contribution in [0.25, 0.3) is 11.0 Å². The molecule has 28 heavy (non-hydrogen) atoms. The Morgan fingerprint density at radius 3 is 2.71 bits per heavy atom. The molecule has 2 aromatic carbocycles. The molecule has 0 spiro atoms. The molecule has 0 unspecified atom stereocenters. The van der Waals surface area contributed by atoms with E-state index in [4.69, 9.17) is 13.9 Å². The van der Waals surface area contributed by atoms with Crippen molar-refractivity contribution in [2.24, 2.45) is 0 Å². The van der Waals surface area contributed by atoms with Crippen molar-refractivity contribution < 1.29 is 18.7 Å². The molecule has 1 aliphatic rings. The number of aryl methyl sites for hydroxylation is 2. The Morgan fingerprint density at radius 1 is 1.14 bits per heavy atom. The van der Waals surface area contributed by atoms with E-state index in [2.05, 4.69) is 5.32 Å². The SMILES string of the molecule is Cc1cccc(COC(=O)c2oc3cccc(OC4CCNCC4)c3c2C)c1. The molecule has 5 heteroatoms. The van der Waals surface area contributed by atoms with Gasteiger partial charge in [-0.2, -0.15) is 0 Å². The minimum atomic E-state index is -0.456. The van der Waals surface area contributed by atoms with Crippen LogP contribution in [-0.2, 0) is 11.3 Å². The van der Waals surface area contributed by atoms with Crippen LogP contribution in [0.4, 0.5) is 0 Å². The smallest absolute Gasteiger partial charge is 0.374 e. The summed E-state index contributed by atoms with van der Waals surface area (Å²) in [5.74, 6) is 0.551. The van der Waals surface area contributed by atoms with Gasteiger partial charge < -0.3 is 19.2 Å². The van der Waals surface area contributed by atoms with Gasteiger partial charge in [0.05, 0.1) is 5.39 Å². The van der Waals surface area contributed by atoms with E-state index < -0.39 is 5.97 Å². The Kier molecular flexibility index (Phi) is 5.35. The monoisotopic (exact) mass is 379 g/mol. The van der Waals surface area contributed by atoms with E-state index in [0.717, 1.165) is 53.8 Å². The van der Waals surface area contributed by atoms with Gasteiger partial charge in [-0.3, -0.25) is 0 Å². The Bertz CT molecular complexity index is 985. The summed E-state index contributed by atoms with van der Waals surface area (Å²) < 4.78 is 17.6. The first-order valence-electron chi connectivity index (χ1n) is 9.74. The molecule has 1 aromatic heterocycles. The van der Waals surface area contributed by atoms with E-state index in [1.165, 1.54) is 0 Å². The summed E-state index contributed by atoms with van der Waals surface area (Å²) >= 11 is 0. The summed E-state index contributed by atoms with van der Waals surface area (Å²) in [5.41, 5.74) is 3.49. The summed E-state index contributed by atoms with van der Waals surface area (Å²) in [6, 6.07) is 13.6. The van der Waals surface area contributed by atoms with E-state index in [9.17, 15) is 4.79 Å². The topological polar surface area (TPSA) is 60.7 Å².